The number of hydrogen-bond acceptors (Lipinski definition) is 3. The first-order valence-corrected chi connectivity index (χ1v) is 8.07. The molecule has 4 heteroatoms. The number of carboxylic acid groups (broad SMARTS) is 1. The van der Waals surface area contributed by atoms with Gasteiger partial charge in [0.15, 0.2) is 0 Å². The second-order valence-corrected chi connectivity index (χ2v) is 6.85. The van der Waals surface area contributed by atoms with Crippen molar-refractivity contribution in [2.24, 2.45) is 11.8 Å². The van der Waals surface area contributed by atoms with Crippen LogP contribution in [0.5, 0.6) is 0 Å². The molecule has 4 atom stereocenters. The first-order valence-electron chi connectivity index (χ1n) is 8.07. The second kappa shape index (κ2) is 6.90. The molecule has 2 aliphatic rings. The van der Waals surface area contributed by atoms with Gasteiger partial charge in [0.1, 0.15) is 0 Å². The van der Waals surface area contributed by atoms with Gasteiger partial charge in [-0.15, -0.1) is 0 Å². The quantitative estimate of drug-likeness (QED) is 0.862. The fourth-order valence-electron chi connectivity index (χ4n) is 3.95. The Bertz CT molecular complexity index is 324. The largest absolute Gasteiger partial charge is 0.481 e. The van der Waals surface area contributed by atoms with Crippen molar-refractivity contribution in [3.63, 3.8) is 0 Å². The van der Waals surface area contributed by atoms with Gasteiger partial charge in [0.2, 0.25) is 0 Å². The van der Waals surface area contributed by atoms with Crippen LogP contribution in [-0.2, 0) is 9.53 Å². The summed E-state index contributed by atoms with van der Waals surface area (Å²) in [5.74, 6) is 0.154. The van der Waals surface area contributed by atoms with Crippen LogP contribution in [0, 0.1) is 11.8 Å². The average molecular weight is 283 g/mol. The molecule has 2 fully saturated rings. The van der Waals surface area contributed by atoms with Crippen molar-refractivity contribution >= 4 is 5.97 Å². The van der Waals surface area contributed by atoms with Crippen molar-refractivity contribution in [1.29, 1.82) is 0 Å². The van der Waals surface area contributed by atoms with Gasteiger partial charge in [-0.25, -0.2) is 0 Å². The van der Waals surface area contributed by atoms with Crippen molar-refractivity contribution in [2.75, 3.05) is 13.1 Å². The van der Waals surface area contributed by atoms with Gasteiger partial charge >= 0.3 is 5.97 Å². The Labute approximate surface area is 122 Å². The summed E-state index contributed by atoms with van der Waals surface area (Å²) in [5.41, 5.74) is 0. The summed E-state index contributed by atoms with van der Waals surface area (Å²) >= 11 is 0. The van der Waals surface area contributed by atoms with Crippen molar-refractivity contribution < 1.29 is 14.6 Å². The maximum atomic E-state index is 10.9. The van der Waals surface area contributed by atoms with Crippen molar-refractivity contribution in [3.8, 4) is 0 Å². The minimum Gasteiger partial charge on any atom is -0.481 e. The Morgan fingerprint density at radius 3 is 2.60 bits per heavy atom. The normalized spacial score (nSPS) is 37.5. The number of ether oxygens (including phenoxy) is 1. The number of likely N-dealkylation sites (tertiary alicyclic amines) is 1. The van der Waals surface area contributed by atoms with Gasteiger partial charge in [-0.2, -0.15) is 0 Å². The first kappa shape index (κ1) is 15.8. The fraction of sp³-hybridized carbons (Fsp3) is 0.938. The lowest BCUT2D eigenvalue weighted by Crippen LogP contribution is -2.49. The molecule has 116 valence electrons. The molecule has 0 aromatic heterocycles. The number of nitrogens with zero attached hydrogens (tertiary/aromatic N) is 1. The van der Waals surface area contributed by atoms with E-state index in [2.05, 4.69) is 25.7 Å². The van der Waals surface area contributed by atoms with Crippen LogP contribution in [0.25, 0.3) is 0 Å². The zero-order chi connectivity index (χ0) is 14.7. The molecule has 4 nitrogen and oxygen atoms in total. The number of hydrogen-bond donors (Lipinski definition) is 1. The molecule has 0 saturated carbocycles. The lowest BCUT2D eigenvalue weighted by molar-refractivity contribution is -0.138. The number of piperidine rings is 1. The van der Waals surface area contributed by atoms with Crippen LogP contribution in [0.1, 0.15) is 52.9 Å². The lowest BCUT2D eigenvalue weighted by atomic mass is 9.83. The summed E-state index contributed by atoms with van der Waals surface area (Å²) in [5, 5.41) is 8.97. The minimum absolute atomic E-state index is 0.282. The molecule has 2 rings (SSSR count). The van der Waals surface area contributed by atoms with Gasteiger partial charge in [0.05, 0.1) is 12.2 Å². The average Bonchev–Trinajstić information content (AvgIpc) is 2.37. The summed E-state index contributed by atoms with van der Waals surface area (Å²) in [6.07, 6.45) is 5.61. The van der Waals surface area contributed by atoms with E-state index in [1.165, 1.54) is 19.4 Å². The molecule has 4 unspecified atom stereocenters. The van der Waals surface area contributed by atoms with E-state index in [0.29, 0.717) is 30.6 Å². The molecule has 0 radical (unpaired) electrons. The Kier molecular flexibility index (Phi) is 5.44. The Hall–Kier alpha value is -0.610. The summed E-state index contributed by atoms with van der Waals surface area (Å²) in [7, 11) is 0. The van der Waals surface area contributed by atoms with Gasteiger partial charge in [-0.05, 0) is 57.9 Å². The monoisotopic (exact) mass is 283 g/mol. The van der Waals surface area contributed by atoms with Gasteiger partial charge in [-0.3, -0.25) is 9.69 Å². The van der Waals surface area contributed by atoms with Crippen LogP contribution < -0.4 is 0 Å². The van der Waals surface area contributed by atoms with E-state index >= 15 is 0 Å². The third-order valence-corrected chi connectivity index (χ3v) is 4.98. The van der Waals surface area contributed by atoms with Gasteiger partial charge in [0, 0.05) is 19.0 Å². The molecule has 0 bridgehead atoms. The molecular weight excluding hydrogens is 254 g/mol. The van der Waals surface area contributed by atoms with Crippen LogP contribution in [0.4, 0.5) is 0 Å². The molecular formula is C16H29NO3. The van der Waals surface area contributed by atoms with Crippen LogP contribution in [0.15, 0.2) is 0 Å². The molecule has 0 aromatic rings. The van der Waals surface area contributed by atoms with Crippen LogP contribution >= 0.6 is 0 Å². The predicted molar refractivity (Wildman–Crippen MR) is 78.7 cm³/mol. The van der Waals surface area contributed by atoms with E-state index in [1.54, 1.807) is 0 Å². The smallest absolute Gasteiger partial charge is 0.303 e. The van der Waals surface area contributed by atoms with E-state index < -0.39 is 5.97 Å². The third-order valence-electron chi connectivity index (χ3n) is 4.98. The third kappa shape index (κ3) is 4.19. The fourth-order valence-corrected chi connectivity index (χ4v) is 3.95. The Morgan fingerprint density at radius 1 is 1.35 bits per heavy atom. The number of rotatable bonds is 4. The molecule has 2 saturated heterocycles. The van der Waals surface area contributed by atoms with Gasteiger partial charge < -0.3 is 9.84 Å². The molecule has 2 aliphatic heterocycles. The van der Waals surface area contributed by atoms with E-state index in [0.717, 1.165) is 19.4 Å². The predicted octanol–water partition coefficient (Wildman–Crippen LogP) is 2.77. The second-order valence-electron chi connectivity index (χ2n) is 6.85. The molecule has 0 amide bonds. The Balaban J connectivity index is 1.91. The van der Waals surface area contributed by atoms with E-state index in [9.17, 15) is 4.79 Å². The molecule has 0 aromatic carbocycles. The topological polar surface area (TPSA) is 49.8 Å². The molecule has 0 spiro atoms. The maximum absolute atomic E-state index is 10.9. The highest BCUT2D eigenvalue weighted by atomic mass is 16.5. The van der Waals surface area contributed by atoms with Gasteiger partial charge in [-0.1, -0.05) is 6.92 Å². The summed E-state index contributed by atoms with van der Waals surface area (Å²) in [6.45, 7) is 8.66. The van der Waals surface area contributed by atoms with E-state index in [1.807, 2.05) is 0 Å². The van der Waals surface area contributed by atoms with Crippen LogP contribution in [0.3, 0.4) is 0 Å². The zero-order valence-electron chi connectivity index (χ0n) is 13.0. The summed E-state index contributed by atoms with van der Waals surface area (Å²) in [4.78, 5) is 13.5. The zero-order valence-corrected chi connectivity index (χ0v) is 13.0. The number of carboxylic acids is 1. The molecule has 20 heavy (non-hydrogen) atoms. The van der Waals surface area contributed by atoms with Crippen molar-refractivity contribution in [1.82, 2.24) is 4.90 Å². The number of carbonyl (C=O) groups is 1. The van der Waals surface area contributed by atoms with Crippen molar-refractivity contribution in [3.05, 3.63) is 0 Å². The van der Waals surface area contributed by atoms with E-state index in [4.69, 9.17) is 9.84 Å². The highest BCUT2D eigenvalue weighted by Crippen LogP contribution is 2.31. The first-order chi connectivity index (χ1) is 9.45. The lowest BCUT2D eigenvalue weighted by Gasteiger charge is -2.44. The van der Waals surface area contributed by atoms with E-state index in [-0.39, 0.29) is 5.92 Å². The van der Waals surface area contributed by atoms with Crippen molar-refractivity contribution in [2.45, 2.75) is 71.1 Å². The maximum Gasteiger partial charge on any atom is 0.303 e. The molecule has 0 aliphatic carbocycles. The summed E-state index contributed by atoms with van der Waals surface area (Å²) in [6, 6.07) is 0.619. The summed E-state index contributed by atoms with van der Waals surface area (Å²) < 4.78 is 5.83. The molecule has 2 heterocycles. The minimum atomic E-state index is -0.664. The molecule has 1 N–H and O–H groups in total. The number of aliphatic carboxylic acids is 1. The van der Waals surface area contributed by atoms with Gasteiger partial charge in [0.25, 0.3) is 0 Å². The highest BCUT2D eigenvalue weighted by molar-refractivity contribution is 5.67. The Morgan fingerprint density at radius 2 is 2.00 bits per heavy atom. The SMILES string of the molecule is CC1CC(N2CCCC(C(C)CC(=O)O)C2)CC(C)O1. The highest BCUT2D eigenvalue weighted by Gasteiger charge is 2.33. The van der Waals surface area contributed by atoms with Crippen LogP contribution in [-0.4, -0.2) is 47.3 Å². The standard InChI is InChI=1S/C16H29NO3/c1-11(7-16(18)19)14-5-4-6-17(10-14)15-8-12(2)20-13(3)9-15/h11-15H,4-10H2,1-3H3,(H,18,19). The van der Waals surface area contributed by atoms with Crippen LogP contribution in [0.2, 0.25) is 0 Å².